The molecular formula is C17H24N4O. The number of para-hydroxylation sites is 1. The number of nitrogens with one attached hydrogen (secondary N) is 2. The first-order chi connectivity index (χ1) is 10.6. The van der Waals surface area contributed by atoms with Crippen LogP contribution in [0, 0.1) is 6.92 Å². The van der Waals surface area contributed by atoms with E-state index < -0.39 is 0 Å². The number of nitrogens with zero attached hydrogens (tertiary/aromatic N) is 2. The second kappa shape index (κ2) is 7.75. The summed E-state index contributed by atoms with van der Waals surface area (Å²) in [5.41, 5.74) is 3.21. The van der Waals surface area contributed by atoms with E-state index in [0.29, 0.717) is 18.5 Å². The molecule has 0 radical (unpaired) electrons. The fourth-order valence-electron chi connectivity index (χ4n) is 2.23. The first kappa shape index (κ1) is 16.2. The van der Waals surface area contributed by atoms with Crippen LogP contribution in [-0.2, 0) is 4.74 Å². The number of rotatable bonds is 7. The van der Waals surface area contributed by atoms with E-state index in [1.54, 1.807) is 7.11 Å². The Kier molecular flexibility index (Phi) is 5.72. The van der Waals surface area contributed by atoms with Crippen molar-refractivity contribution >= 4 is 17.5 Å². The molecule has 5 nitrogen and oxygen atoms in total. The first-order valence-electron chi connectivity index (χ1n) is 7.54. The van der Waals surface area contributed by atoms with Gasteiger partial charge in [0.05, 0.1) is 6.61 Å². The van der Waals surface area contributed by atoms with Gasteiger partial charge >= 0.3 is 0 Å². The minimum Gasteiger partial charge on any atom is -0.383 e. The lowest BCUT2D eigenvalue weighted by atomic mass is 10.0. The largest absolute Gasteiger partial charge is 0.383 e. The lowest BCUT2D eigenvalue weighted by Gasteiger charge is -2.14. The Morgan fingerprint density at radius 1 is 1.18 bits per heavy atom. The molecule has 5 heteroatoms. The first-order valence-corrected chi connectivity index (χ1v) is 7.54. The monoisotopic (exact) mass is 300 g/mol. The lowest BCUT2D eigenvalue weighted by Crippen LogP contribution is -2.10. The van der Waals surface area contributed by atoms with Crippen molar-refractivity contribution in [3.8, 4) is 0 Å². The third-order valence-corrected chi connectivity index (χ3v) is 3.30. The van der Waals surface area contributed by atoms with Gasteiger partial charge in [-0.3, -0.25) is 0 Å². The number of aryl methyl sites for hydroxylation is 1. The average Bonchev–Trinajstić information content (AvgIpc) is 2.47. The molecule has 0 atom stereocenters. The van der Waals surface area contributed by atoms with Crippen LogP contribution in [-0.4, -0.2) is 30.2 Å². The predicted octanol–water partition coefficient (Wildman–Crippen LogP) is 3.71. The van der Waals surface area contributed by atoms with Gasteiger partial charge in [0, 0.05) is 31.1 Å². The maximum Gasteiger partial charge on any atom is 0.229 e. The molecule has 0 spiro atoms. The van der Waals surface area contributed by atoms with Crippen molar-refractivity contribution in [1.82, 2.24) is 9.97 Å². The van der Waals surface area contributed by atoms with Crippen LogP contribution in [0.1, 0.15) is 31.0 Å². The third-order valence-electron chi connectivity index (χ3n) is 3.30. The highest BCUT2D eigenvalue weighted by Crippen LogP contribution is 2.26. The van der Waals surface area contributed by atoms with Crippen LogP contribution in [0.2, 0.25) is 0 Å². The number of hydrogen-bond donors (Lipinski definition) is 2. The smallest absolute Gasteiger partial charge is 0.229 e. The average molecular weight is 300 g/mol. The highest BCUT2D eigenvalue weighted by molar-refractivity contribution is 5.60. The van der Waals surface area contributed by atoms with Gasteiger partial charge in [0.15, 0.2) is 0 Å². The maximum absolute atomic E-state index is 5.04. The molecule has 1 heterocycles. The third kappa shape index (κ3) is 4.43. The fraction of sp³-hybridized carbons (Fsp3) is 0.412. The van der Waals surface area contributed by atoms with E-state index in [1.807, 2.05) is 19.1 Å². The summed E-state index contributed by atoms with van der Waals surface area (Å²) < 4.78 is 5.04. The molecule has 0 saturated carbocycles. The molecule has 0 aliphatic rings. The maximum atomic E-state index is 5.04. The topological polar surface area (TPSA) is 59.1 Å². The van der Waals surface area contributed by atoms with Crippen LogP contribution in [0.3, 0.4) is 0 Å². The Hall–Kier alpha value is -2.14. The molecule has 2 rings (SSSR count). The van der Waals surface area contributed by atoms with E-state index in [4.69, 9.17) is 4.74 Å². The number of anilines is 3. The second-order valence-electron chi connectivity index (χ2n) is 5.50. The van der Waals surface area contributed by atoms with E-state index >= 15 is 0 Å². The van der Waals surface area contributed by atoms with Crippen LogP contribution < -0.4 is 10.6 Å². The van der Waals surface area contributed by atoms with Crippen LogP contribution in [0.5, 0.6) is 0 Å². The Labute approximate surface area is 132 Å². The molecule has 0 aliphatic heterocycles. The quantitative estimate of drug-likeness (QED) is 0.763. The number of benzene rings is 1. The molecule has 1 aromatic carbocycles. The fourth-order valence-corrected chi connectivity index (χ4v) is 2.23. The summed E-state index contributed by atoms with van der Waals surface area (Å²) in [7, 11) is 1.68. The van der Waals surface area contributed by atoms with Gasteiger partial charge < -0.3 is 15.4 Å². The number of ether oxygens (including phenoxy) is 1. The predicted molar refractivity (Wildman–Crippen MR) is 90.9 cm³/mol. The summed E-state index contributed by atoms with van der Waals surface area (Å²) >= 11 is 0. The molecule has 0 amide bonds. The number of methoxy groups -OCH3 is 1. The zero-order chi connectivity index (χ0) is 15.9. The molecule has 22 heavy (non-hydrogen) atoms. The summed E-state index contributed by atoms with van der Waals surface area (Å²) in [5, 5.41) is 6.57. The Balaban J connectivity index is 2.19. The van der Waals surface area contributed by atoms with Crippen molar-refractivity contribution in [3.63, 3.8) is 0 Å². The molecule has 0 aliphatic carbocycles. The zero-order valence-corrected chi connectivity index (χ0v) is 13.7. The molecule has 0 unspecified atom stereocenters. The van der Waals surface area contributed by atoms with E-state index in [0.717, 1.165) is 23.7 Å². The van der Waals surface area contributed by atoms with Crippen molar-refractivity contribution < 1.29 is 4.74 Å². The van der Waals surface area contributed by atoms with Crippen LogP contribution >= 0.6 is 0 Å². The van der Waals surface area contributed by atoms with Crippen molar-refractivity contribution in [1.29, 1.82) is 0 Å². The summed E-state index contributed by atoms with van der Waals surface area (Å²) in [6.45, 7) is 7.67. The summed E-state index contributed by atoms with van der Waals surface area (Å²) in [4.78, 5) is 8.98. The van der Waals surface area contributed by atoms with Crippen molar-refractivity contribution in [2.75, 3.05) is 30.9 Å². The van der Waals surface area contributed by atoms with Crippen molar-refractivity contribution in [2.24, 2.45) is 0 Å². The van der Waals surface area contributed by atoms with Gasteiger partial charge in [0.2, 0.25) is 5.95 Å². The van der Waals surface area contributed by atoms with E-state index in [2.05, 4.69) is 52.6 Å². The normalized spacial score (nSPS) is 10.8. The van der Waals surface area contributed by atoms with E-state index in [9.17, 15) is 0 Å². The lowest BCUT2D eigenvalue weighted by molar-refractivity contribution is 0.210. The number of aromatic nitrogens is 2. The second-order valence-corrected chi connectivity index (χ2v) is 5.50. The summed E-state index contributed by atoms with van der Waals surface area (Å²) in [6.07, 6.45) is 0. The van der Waals surface area contributed by atoms with Gasteiger partial charge in [0.25, 0.3) is 0 Å². The van der Waals surface area contributed by atoms with Gasteiger partial charge in [-0.1, -0.05) is 32.0 Å². The van der Waals surface area contributed by atoms with E-state index in [-0.39, 0.29) is 0 Å². The standard InChI is InChI=1S/C17H24N4O/c1-12(2)14-7-5-6-8-15(14)20-17-19-13(3)11-16(21-17)18-9-10-22-4/h5-8,11-12H,9-10H2,1-4H3,(H2,18,19,20,21). The Morgan fingerprint density at radius 3 is 2.68 bits per heavy atom. The minimum absolute atomic E-state index is 0.438. The summed E-state index contributed by atoms with van der Waals surface area (Å²) in [5.74, 6) is 1.84. The van der Waals surface area contributed by atoms with Crippen LogP contribution in [0.25, 0.3) is 0 Å². The molecule has 0 saturated heterocycles. The van der Waals surface area contributed by atoms with Gasteiger partial charge in [-0.2, -0.15) is 4.98 Å². The Bertz CT molecular complexity index is 613. The summed E-state index contributed by atoms with van der Waals surface area (Å²) in [6, 6.07) is 10.2. The minimum atomic E-state index is 0.438. The van der Waals surface area contributed by atoms with Gasteiger partial charge in [-0.05, 0) is 24.5 Å². The van der Waals surface area contributed by atoms with Crippen LogP contribution in [0.15, 0.2) is 30.3 Å². The SMILES string of the molecule is COCCNc1cc(C)nc(Nc2ccccc2C(C)C)n1. The molecule has 0 bridgehead atoms. The van der Waals surface area contributed by atoms with Crippen molar-refractivity contribution in [3.05, 3.63) is 41.6 Å². The molecule has 2 N–H and O–H groups in total. The van der Waals surface area contributed by atoms with Gasteiger partial charge in [-0.25, -0.2) is 4.98 Å². The highest BCUT2D eigenvalue weighted by Gasteiger charge is 2.08. The molecule has 118 valence electrons. The van der Waals surface area contributed by atoms with E-state index in [1.165, 1.54) is 5.56 Å². The number of hydrogen-bond acceptors (Lipinski definition) is 5. The van der Waals surface area contributed by atoms with Gasteiger partial charge in [-0.15, -0.1) is 0 Å². The molecular weight excluding hydrogens is 276 g/mol. The zero-order valence-electron chi connectivity index (χ0n) is 13.7. The van der Waals surface area contributed by atoms with Crippen LogP contribution in [0.4, 0.5) is 17.5 Å². The molecule has 2 aromatic rings. The van der Waals surface area contributed by atoms with Crippen molar-refractivity contribution in [2.45, 2.75) is 26.7 Å². The highest BCUT2D eigenvalue weighted by atomic mass is 16.5. The molecule has 0 fully saturated rings. The van der Waals surface area contributed by atoms with Gasteiger partial charge in [0.1, 0.15) is 5.82 Å². The Morgan fingerprint density at radius 2 is 1.95 bits per heavy atom. The molecule has 1 aromatic heterocycles.